The van der Waals surface area contributed by atoms with E-state index in [0.717, 1.165) is 53.5 Å². The predicted octanol–water partition coefficient (Wildman–Crippen LogP) is 4.90. The van der Waals surface area contributed by atoms with Crippen LogP contribution in [0, 0.1) is 0 Å². The molecule has 0 saturated heterocycles. The minimum atomic E-state index is 0.426. The lowest BCUT2D eigenvalue weighted by molar-refractivity contribution is 0.355. The molecular formula is C24H30ClN5. The van der Waals surface area contributed by atoms with Crippen molar-refractivity contribution in [1.82, 2.24) is 15.3 Å². The standard InChI is InChI=1S/C24H30ClN5/c1-30(2)23-21-5-3-4-6-22(21)28-24(29-23)27-20-13-11-19(12-14-20)26-16-15-17-7-9-18(25)10-8-17/h3-10,19-20,26H,11-16H2,1-2H3,(H,27,28,29). The predicted molar refractivity (Wildman–Crippen MR) is 127 cm³/mol. The van der Waals surface area contributed by atoms with Crippen LogP contribution in [0.2, 0.25) is 5.02 Å². The Morgan fingerprint density at radius 2 is 1.63 bits per heavy atom. The summed E-state index contributed by atoms with van der Waals surface area (Å²) in [5, 5.41) is 9.19. The van der Waals surface area contributed by atoms with Gasteiger partial charge < -0.3 is 15.5 Å². The summed E-state index contributed by atoms with van der Waals surface area (Å²) >= 11 is 5.96. The van der Waals surface area contributed by atoms with E-state index in [2.05, 4.69) is 39.8 Å². The van der Waals surface area contributed by atoms with Crippen LogP contribution in [-0.4, -0.2) is 42.7 Å². The number of hydrogen-bond donors (Lipinski definition) is 2. The molecule has 0 aliphatic heterocycles. The highest BCUT2D eigenvalue weighted by molar-refractivity contribution is 6.30. The van der Waals surface area contributed by atoms with Crippen molar-refractivity contribution in [2.24, 2.45) is 0 Å². The first-order valence-corrected chi connectivity index (χ1v) is 11.1. The first-order chi connectivity index (χ1) is 14.6. The van der Waals surface area contributed by atoms with Crippen molar-refractivity contribution >= 4 is 34.3 Å². The molecule has 0 radical (unpaired) electrons. The molecule has 1 fully saturated rings. The average molecular weight is 424 g/mol. The summed E-state index contributed by atoms with van der Waals surface area (Å²) in [5.74, 6) is 1.69. The second kappa shape index (κ2) is 9.63. The Hall–Kier alpha value is -2.37. The number of rotatable bonds is 7. The Labute approximate surface area is 183 Å². The van der Waals surface area contributed by atoms with E-state index in [0.29, 0.717) is 12.1 Å². The Kier molecular flexibility index (Phi) is 6.70. The number of para-hydroxylation sites is 1. The zero-order chi connectivity index (χ0) is 20.9. The maximum Gasteiger partial charge on any atom is 0.225 e. The average Bonchev–Trinajstić information content (AvgIpc) is 2.76. The number of nitrogens with zero attached hydrogens (tertiary/aromatic N) is 3. The van der Waals surface area contributed by atoms with E-state index in [1.807, 2.05) is 38.4 Å². The minimum Gasteiger partial charge on any atom is -0.362 e. The molecule has 0 unspecified atom stereocenters. The number of aromatic nitrogens is 2. The van der Waals surface area contributed by atoms with Crippen molar-refractivity contribution in [1.29, 1.82) is 0 Å². The van der Waals surface area contributed by atoms with Gasteiger partial charge in [-0.05, 0) is 68.5 Å². The number of benzene rings is 2. The molecule has 1 saturated carbocycles. The molecule has 30 heavy (non-hydrogen) atoms. The van der Waals surface area contributed by atoms with Gasteiger partial charge in [-0.3, -0.25) is 0 Å². The molecule has 0 atom stereocenters. The van der Waals surface area contributed by atoms with Gasteiger partial charge in [0.25, 0.3) is 0 Å². The van der Waals surface area contributed by atoms with E-state index in [9.17, 15) is 0 Å². The van der Waals surface area contributed by atoms with E-state index >= 15 is 0 Å². The van der Waals surface area contributed by atoms with Gasteiger partial charge in [-0.2, -0.15) is 4.98 Å². The summed E-state index contributed by atoms with van der Waals surface area (Å²) in [5.41, 5.74) is 2.31. The third-order valence-electron chi connectivity index (χ3n) is 5.83. The molecule has 2 N–H and O–H groups in total. The topological polar surface area (TPSA) is 53.1 Å². The number of anilines is 2. The van der Waals surface area contributed by atoms with Crippen LogP contribution in [-0.2, 0) is 6.42 Å². The van der Waals surface area contributed by atoms with Crippen molar-refractivity contribution < 1.29 is 0 Å². The zero-order valence-electron chi connectivity index (χ0n) is 17.7. The van der Waals surface area contributed by atoms with Crippen LogP contribution < -0.4 is 15.5 Å². The highest BCUT2D eigenvalue weighted by atomic mass is 35.5. The fourth-order valence-electron chi connectivity index (χ4n) is 4.16. The van der Waals surface area contributed by atoms with Gasteiger partial charge in [0.1, 0.15) is 5.82 Å². The molecule has 2 aromatic carbocycles. The van der Waals surface area contributed by atoms with Crippen molar-refractivity contribution in [3.8, 4) is 0 Å². The van der Waals surface area contributed by atoms with Crippen LogP contribution in [0.4, 0.5) is 11.8 Å². The molecule has 0 amide bonds. The molecule has 1 aromatic heterocycles. The third-order valence-corrected chi connectivity index (χ3v) is 6.08. The Balaban J connectivity index is 1.29. The van der Waals surface area contributed by atoms with Gasteiger partial charge in [0, 0.05) is 36.6 Å². The van der Waals surface area contributed by atoms with Gasteiger partial charge in [-0.1, -0.05) is 35.9 Å². The molecule has 1 aliphatic rings. The van der Waals surface area contributed by atoms with Crippen molar-refractivity contribution in [2.45, 2.75) is 44.2 Å². The summed E-state index contributed by atoms with van der Waals surface area (Å²) in [6, 6.07) is 17.3. The maximum absolute atomic E-state index is 5.96. The molecular weight excluding hydrogens is 394 g/mol. The van der Waals surface area contributed by atoms with Gasteiger partial charge in [0.15, 0.2) is 0 Å². The van der Waals surface area contributed by atoms with Gasteiger partial charge in [-0.25, -0.2) is 4.98 Å². The number of hydrogen-bond acceptors (Lipinski definition) is 5. The Bertz CT molecular complexity index is 965. The number of halogens is 1. The van der Waals surface area contributed by atoms with E-state index in [1.54, 1.807) is 0 Å². The van der Waals surface area contributed by atoms with Crippen LogP contribution >= 0.6 is 11.6 Å². The van der Waals surface area contributed by atoms with Crippen LogP contribution in [0.3, 0.4) is 0 Å². The second-order valence-electron chi connectivity index (χ2n) is 8.31. The molecule has 3 aromatic rings. The maximum atomic E-state index is 5.96. The zero-order valence-corrected chi connectivity index (χ0v) is 18.5. The van der Waals surface area contributed by atoms with E-state index in [4.69, 9.17) is 21.6 Å². The quantitative estimate of drug-likeness (QED) is 0.565. The molecule has 5 nitrogen and oxygen atoms in total. The highest BCUT2D eigenvalue weighted by Gasteiger charge is 2.22. The lowest BCUT2D eigenvalue weighted by Gasteiger charge is -2.30. The molecule has 4 rings (SSSR count). The summed E-state index contributed by atoms with van der Waals surface area (Å²) in [4.78, 5) is 11.6. The Morgan fingerprint density at radius 1 is 0.933 bits per heavy atom. The fourth-order valence-corrected chi connectivity index (χ4v) is 4.29. The smallest absolute Gasteiger partial charge is 0.225 e. The number of fused-ring (bicyclic) bond motifs is 1. The first kappa shape index (κ1) is 20.9. The summed E-state index contributed by atoms with van der Waals surface area (Å²) in [7, 11) is 4.05. The van der Waals surface area contributed by atoms with E-state index in [1.165, 1.54) is 18.4 Å². The monoisotopic (exact) mass is 423 g/mol. The summed E-state index contributed by atoms with van der Waals surface area (Å²) < 4.78 is 0. The van der Waals surface area contributed by atoms with Crippen LogP contribution in [0.5, 0.6) is 0 Å². The largest absolute Gasteiger partial charge is 0.362 e. The van der Waals surface area contributed by atoms with Gasteiger partial charge in [0.2, 0.25) is 5.95 Å². The van der Waals surface area contributed by atoms with Crippen LogP contribution in [0.25, 0.3) is 10.9 Å². The molecule has 6 heteroatoms. The molecule has 1 heterocycles. The normalized spacial score (nSPS) is 19.0. The van der Waals surface area contributed by atoms with Gasteiger partial charge in [0.05, 0.1) is 5.52 Å². The highest BCUT2D eigenvalue weighted by Crippen LogP contribution is 2.26. The van der Waals surface area contributed by atoms with Gasteiger partial charge >= 0.3 is 0 Å². The molecule has 1 aliphatic carbocycles. The lowest BCUT2D eigenvalue weighted by atomic mass is 9.91. The minimum absolute atomic E-state index is 0.426. The SMILES string of the molecule is CN(C)c1nc(NC2CCC(NCCc3ccc(Cl)cc3)CC2)nc2ccccc12. The summed E-state index contributed by atoms with van der Waals surface area (Å²) in [6.45, 7) is 1.00. The van der Waals surface area contributed by atoms with Crippen LogP contribution in [0.1, 0.15) is 31.2 Å². The summed E-state index contributed by atoms with van der Waals surface area (Å²) in [6.07, 6.45) is 5.64. The van der Waals surface area contributed by atoms with Gasteiger partial charge in [-0.15, -0.1) is 0 Å². The Morgan fingerprint density at radius 3 is 2.37 bits per heavy atom. The van der Waals surface area contributed by atoms with E-state index < -0.39 is 0 Å². The van der Waals surface area contributed by atoms with Crippen molar-refractivity contribution in [3.63, 3.8) is 0 Å². The van der Waals surface area contributed by atoms with Crippen molar-refractivity contribution in [2.75, 3.05) is 30.9 Å². The first-order valence-electron chi connectivity index (χ1n) is 10.8. The lowest BCUT2D eigenvalue weighted by Crippen LogP contribution is -2.38. The molecule has 0 bridgehead atoms. The fraction of sp³-hybridized carbons (Fsp3) is 0.417. The van der Waals surface area contributed by atoms with E-state index in [-0.39, 0.29) is 0 Å². The number of nitrogens with one attached hydrogen (secondary N) is 2. The van der Waals surface area contributed by atoms with Crippen molar-refractivity contribution in [3.05, 3.63) is 59.1 Å². The molecule has 0 spiro atoms. The third kappa shape index (κ3) is 5.21. The second-order valence-corrected chi connectivity index (χ2v) is 8.74. The van der Waals surface area contributed by atoms with Crippen LogP contribution in [0.15, 0.2) is 48.5 Å². The molecule has 158 valence electrons.